The number of nitrogens with two attached hydrogens (primary N) is 1. The summed E-state index contributed by atoms with van der Waals surface area (Å²) in [6.45, 7) is 5.29. The first-order valence-electron chi connectivity index (χ1n) is 7.51. The average molecular weight is 300 g/mol. The number of hydrogen-bond donors (Lipinski definition) is 1. The Labute approximate surface area is 124 Å². The summed E-state index contributed by atoms with van der Waals surface area (Å²) in [6.07, 6.45) is -1.92. The van der Waals surface area contributed by atoms with Gasteiger partial charge in [0.05, 0.1) is 5.56 Å². The van der Waals surface area contributed by atoms with Crippen molar-refractivity contribution < 1.29 is 13.2 Å². The van der Waals surface area contributed by atoms with Gasteiger partial charge in [-0.05, 0) is 56.3 Å². The standard InChI is InChI=1S/C16H23F3N2/c1-11-4-3-9-21(12(11)2)14-6-5-13(7-8-20)15(10-14)16(17,18)19/h5-6,10-12H,3-4,7-9,20H2,1-2H3. The maximum absolute atomic E-state index is 13.2. The summed E-state index contributed by atoms with van der Waals surface area (Å²) in [5.41, 5.74) is 5.82. The largest absolute Gasteiger partial charge is 0.416 e. The summed E-state index contributed by atoms with van der Waals surface area (Å²) >= 11 is 0. The van der Waals surface area contributed by atoms with Crippen LogP contribution in [0.4, 0.5) is 18.9 Å². The van der Waals surface area contributed by atoms with Crippen LogP contribution in [-0.4, -0.2) is 19.1 Å². The number of piperidine rings is 1. The van der Waals surface area contributed by atoms with Crippen molar-refractivity contribution in [2.24, 2.45) is 11.7 Å². The van der Waals surface area contributed by atoms with Crippen LogP contribution in [0.1, 0.15) is 37.8 Å². The molecule has 0 bridgehead atoms. The van der Waals surface area contributed by atoms with Gasteiger partial charge in [-0.1, -0.05) is 13.0 Å². The van der Waals surface area contributed by atoms with E-state index in [1.165, 1.54) is 6.07 Å². The zero-order chi connectivity index (χ0) is 15.6. The normalized spacial score (nSPS) is 23.4. The molecule has 1 heterocycles. The average Bonchev–Trinajstić information content (AvgIpc) is 2.42. The Kier molecular flexibility index (Phi) is 4.81. The van der Waals surface area contributed by atoms with Crippen LogP contribution in [0.15, 0.2) is 18.2 Å². The maximum Gasteiger partial charge on any atom is 0.416 e. The highest BCUT2D eigenvalue weighted by atomic mass is 19.4. The third-order valence-electron chi connectivity index (χ3n) is 4.52. The summed E-state index contributed by atoms with van der Waals surface area (Å²) in [5.74, 6) is 0.497. The van der Waals surface area contributed by atoms with Gasteiger partial charge in [-0.3, -0.25) is 0 Å². The monoisotopic (exact) mass is 300 g/mol. The summed E-state index contributed by atoms with van der Waals surface area (Å²) in [6, 6.07) is 4.94. The second-order valence-corrected chi connectivity index (χ2v) is 5.93. The second kappa shape index (κ2) is 6.26. The highest BCUT2D eigenvalue weighted by Crippen LogP contribution is 2.36. The molecule has 0 amide bonds. The Balaban J connectivity index is 2.37. The number of hydrogen-bond acceptors (Lipinski definition) is 2. The molecular weight excluding hydrogens is 277 g/mol. The van der Waals surface area contributed by atoms with Crippen molar-refractivity contribution in [3.05, 3.63) is 29.3 Å². The van der Waals surface area contributed by atoms with Crippen molar-refractivity contribution in [1.29, 1.82) is 0 Å². The van der Waals surface area contributed by atoms with Gasteiger partial charge in [-0.15, -0.1) is 0 Å². The fraction of sp³-hybridized carbons (Fsp3) is 0.625. The predicted octanol–water partition coefficient (Wildman–Crippen LogP) is 3.83. The van der Waals surface area contributed by atoms with Crippen LogP contribution in [0.5, 0.6) is 0 Å². The van der Waals surface area contributed by atoms with E-state index >= 15 is 0 Å². The minimum Gasteiger partial charge on any atom is -0.369 e. The minimum absolute atomic E-state index is 0.222. The van der Waals surface area contributed by atoms with E-state index in [1.54, 1.807) is 12.1 Å². The van der Waals surface area contributed by atoms with E-state index in [4.69, 9.17) is 5.73 Å². The highest BCUT2D eigenvalue weighted by molar-refractivity contribution is 5.53. The fourth-order valence-corrected chi connectivity index (χ4v) is 3.08. The molecule has 0 aliphatic carbocycles. The summed E-state index contributed by atoms with van der Waals surface area (Å²) in [4.78, 5) is 2.09. The number of alkyl halides is 3. The van der Waals surface area contributed by atoms with Gasteiger partial charge >= 0.3 is 6.18 Å². The number of nitrogens with zero attached hydrogens (tertiary/aromatic N) is 1. The Hall–Kier alpha value is -1.23. The molecule has 5 heteroatoms. The zero-order valence-corrected chi connectivity index (χ0v) is 12.6. The lowest BCUT2D eigenvalue weighted by molar-refractivity contribution is -0.138. The number of anilines is 1. The van der Waals surface area contributed by atoms with E-state index in [9.17, 15) is 13.2 Å². The molecule has 2 nitrogen and oxygen atoms in total. The highest BCUT2D eigenvalue weighted by Gasteiger charge is 2.34. The Morgan fingerprint density at radius 2 is 2.00 bits per heavy atom. The van der Waals surface area contributed by atoms with Crippen molar-refractivity contribution in [1.82, 2.24) is 0 Å². The van der Waals surface area contributed by atoms with Gasteiger partial charge in [0.25, 0.3) is 0 Å². The van der Waals surface area contributed by atoms with E-state index in [-0.39, 0.29) is 24.6 Å². The van der Waals surface area contributed by atoms with Gasteiger partial charge < -0.3 is 10.6 Å². The van der Waals surface area contributed by atoms with E-state index in [0.29, 0.717) is 11.6 Å². The van der Waals surface area contributed by atoms with Crippen molar-refractivity contribution >= 4 is 5.69 Å². The third-order valence-corrected chi connectivity index (χ3v) is 4.52. The first-order chi connectivity index (χ1) is 9.84. The smallest absolute Gasteiger partial charge is 0.369 e. The van der Waals surface area contributed by atoms with Crippen LogP contribution < -0.4 is 10.6 Å². The maximum atomic E-state index is 13.2. The van der Waals surface area contributed by atoms with Crippen molar-refractivity contribution in [3.8, 4) is 0 Å². The molecule has 1 aliphatic rings. The summed E-state index contributed by atoms with van der Waals surface area (Å²) in [5, 5.41) is 0. The Bertz CT molecular complexity index is 485. The molecule has 21 heavy (non-hydrogen) atoms. The molecule has 1 saturated heterocycles. The molecule has 0 saturated carbocycles. The molecule has 2 N–H and O–H groups in total. The van der Waals surface area contributed by atoms with Crippen LogP contribution in [-0.2, 0) is 12.6 Å². The SMILES string of the molecule is CC1CCCN(c2ccc(CCN)c(C(F)(F)F)c2)C1C. The van der Waals surface area contributed by atoms with Gasteiger partial charge in [0.15, 0.2) is 0 Å². The van der Waals surface area contributed by atoms with Crippen molar-refractivity contribution in [2.45, 2.75) is 45.3 Å². The Morgan fingerprint density at radius 3 is 2.62 bits per heavy atom. The molecule has 118 valence electrons. The molecular formula is C16H23F3N2. The lowest BCUT2D eigenvalue weighted by Crippen LogP contribution is -2.42. The molecule has 1 aromatic carbocycles. The molecule has 2 rings (SSSR count). The summed E-state index contributed by atoms with van der Waals surface area (Å²) in [7, 11) is 0. The number of halogens is 3. The Morgan fingerprint density at radius 1 is 1.29 bits per heavy atom. The molecule has 2 atom stereocenters. The van der Waals surface area contributed by atoms with Gasteiger partial charge in [0, 0.05) is 18.3 Å². The van der Waals surface area contributed by atoms with Gasteiger partial charge in [0.1, 0.15) is 0 Å². The zero-order valence-electron chi connectivity index (χ0n) is 12.6. The van der Waals surface area contributed by atoms with Crippen molar-refractivity contribution in [3.63, 3.8) is 0 Å². The third kappa shape index (κ3) is 3.51. The van der Waals surface area contributed by atoms with Gasteiger partial charge in [-0.25, -0.2) is 0 Å². The molecule has 0 spiro atoms. The number of rotatable bonds is 3. The van der Waals surface area contributed by atoms with Gasteiger partial charge in [-0.2, -0.15) is 13.2 Å². The van der Waals surface area contributed by atoms with E-state index in [1.807, 2.05) is 0 Å². The molecule has 0 aromatic heterocycles. The lowest BCUT2D eigenvalue weighted by Gasteiger charge is -2.40. The first kappa shape index (κ1) is 16.1. The van der Waals surface area contributed by atoms with Crippen LogP contribution in [0.3, 0.4) is 0 Å². The van der Waals surface area contributed by atoms with E-state index in [0.717, 1.165) is 19.4 Å². The predicted molar refractivity (Wildman–Crippen MR) is 79.4 cm³/mol. The number of benzene rings is 1. The first-order valence-corrected chi connectivity index (χ1v) is 7.51. The summed E-state index contributed by atoms with van der Waals surface area (Å²) < 4.78 is 39.7. The van der Waals surface area contributed by atoms with E-state index < -0.39 is 11.7 Å². The molecule has 0 radical (unpaired) electrons. The molecule has 1 fully saturated rings. The van der Waals surface area contributed by atoms with E-state index in [2.05, 4.69) is 18.7 Å². The molecule has 1 aromatic rings. The molecule has 1 aliphatic heterocycles. The topological polar surface area (TPSA) is 29.3 Å². The minimum atomic E-state index is -4.33. The van der Waals surface area contributed by atoms with Crippen molar-refractivity contribution in [2.75, 3.05) is 18.0 Å². The van der Waals surface area contributed by atoms with Crippen LogP contribution in [0.2, 0.25) is 0 Å². The van der Waals surface area contributed by atoms with Gasteiger partial charge in [0.2, 0.25) is 0 Å². The quantitative estimate of drug-likeness (QED) is 0.919. The van der Waals surface area contributed by atoms with Crippen LogP contribution >= 0.6 is 0 Å². The fourth-order valence-electron chi connectivity index (χ4n) is 3.08. The van der Waals surface area contributed by atoms with Crippen LogP contribution in [0.25, 0.3) is 0 Å². The van der Waals surface area contributed by atoms with Crippen LogP contribution in [0, 0.1) is 5.92 Å². The molecule has 2 unspecified atom stereocenters. The second-order valence-electron chi connectivity index (χ2n) is 5.93. The lowest BCUT2D eigenvalue weighted by atomic mass is 9.91.